The quantitative estimate of drug-likeness (QED) is 0.800. The molecule has 1 aliphatic heterocycles. The highest BCUT2D eigenvalue weighted by atomic mass is 15.1. The molecule has 19 heavy (non-hydrogen) atoms. The van der Waals surface area contributed by atoms with E-state index in [1.54, 1.807) is 5.56 Å². The van der Waals surface area contributed by atoms with Crippen LogP contribution in [0.2, 0.25) is 0 Å². The molecule has 0 aromatic heterocycles. The Balaban J connectivity index is 1.84. The summed E-state index contributed by atoms with van der Waals surface area (Å²) in [7, 11) is 2.31. The van der Waals surface area contributed by atoms with Gasteiger partial charge >= 0.3 is 0 Å². The minimum atomic E-state index is 0.746. The fourth-order valence-corrected chi connectivity index (χ4v) is 3.66. The third-order valence-corrected chi connectivity index (χ3v) is 4.82. The van der Waals surface area contributed by atoms with E-state index in [1.165, 1.54) is 62.7 Å². The second-order valence-corrected chi connectivity index (χ2v) is 6.09. The van der Waals surface area contributed by atoms with E-state index in [0.717, 1.165) is 12.6 Å². The van der Waals surface area contributed by atoms with Crippen molar-refractivity contribution in [1.29, 1.82) is 0 Å². The van der Waals surface area contributed by atoms with Gasteiger partial charge in [0.15, 0.2) is 0 Å². The Morgan fingerprint density at radius 2 is 1.84 bits per heavy atom. The van der Waals surface area contributed by atoms with Crippen molar-refractivity contribution in [3.63, 3.8) is 0 Å². The number of rotatable bonds is 2. The first-order chi connectivity index (χ1) is 9.36. The van der Waals surface area contributed by atoms with Gasteiger partial charge in [0.2, 0.25) is 0 Å². The lowest BCUT2D eigenvalue weighted by Gasteiger charge is -2.33. The molecule has 104 valence electrons. The van der Waals surface area contributed by atoms with Crippen molar-refractivity contribution in [1.82, 2.24) is 0 Å². The fourth-order valence-electron chi connectivity index (χ4n) is 3.66. The molecule has 1 aromatic rings. The van der Waals surface area contributed by atoms with E-state index in [-0.39, 0.29) is 0 Å². The minimum Gasteiger partial charge on any atom is -0.385 e. The van der Waals surface area contributed by atoms with Gasteiger partial charge < -0.3 is 10.2 Å². The van der Waals surface area contributed by atoms with Gasteiger partial charge in [-0.15, -0.1) is 0 Å². The van der Waals surface area contributed by atoms with Crippen LogP contribution in [0.5, 0.6) is 0 Å². The van der Waals surface area contributed by atoms with Crippen LogP contribution in [0.15, 0.2) is 18.2 Å². The van der Waals surface area contributed by atoms with Crippen LogP contribution in [-0.4, -0.2) is 19.6 Å². The zero-order chi connectivity index (χ0) is 13.1. The highest BCUT2D eigenvalue weighted by molar-refractivity contribution is 5.68. The number of anilines is 2. The summed E-state index contributed by atoms with van der Waals surface area (Å²) in [4.78, 5) is 2.57. The van der Waals surface area contributed by atoms with E-state index < -0.39 is 0 Å². The monoisotopic (exact) mass is 258 g/mol. The van der Waals surface area contributed by atoms with Crippen LogP contribution in [0.1, 0.15) is 50.5 Å². The maximum Gasteiger partial charge on any atom is 0.0419 e. The average Bonchev–Trinajstić information content (AvgIpc) is 2.75. The molecule has 2 nitrogen and oxygen atoms in total. The van der Waals surface area contributed by atoms with E-state index in [1.807, 2.05) is 0 Å². The number of hydrogen-bond donors (Lipinski definition) is 1. The van der Waals surface area contributed by atoms with Crippen molar-refractivity contribution >= 4 is 11.4 Å². The zero-order valence-corrected chi connectivity index (χ0v) is 12.1. The number of benzene rings is 1. The van der Waals surface area contributed by atoms with Crippen molar-refractivity contribution < 1.29 is 0 Å². The van der Waals surface area contributed by atoms with E-state index in [0.29, 0.717) is 0 Å². The van der Waals surface area contributed by atoms with Gasteiger partial charge in [0.05, 0.1) is 0 Å². The summed E-state index contributed by atoms with van der Waals surface area (Å²) in [6.07, 6.45) is 10.9. The molecule has 1 aromatic carbocycles. The number of fused-ring (bicyclic) bond motifs is 1. The molecule has 0 unspecified atom stereocenters. The van der Waals surface area contributed by atoms with Crippen LogP contribution in [0.3, 0.4) is 0 Å². The van der Waals surface area contributed by atoms with Gasteiger partial charge in [0, 0.05) is 31.0 Å². The summed E-state index contributed by atoms with van der Waals surface area (Å²) < 4.78 is 0. The first kappa shape index (κ1) is 12.8. The topological polar surface area (TPSA) is 15.3 Å². The van der Waals surface area contributed by atoms with Gasteiger partial charge in [0.1, 0.15) is 0 Å². The lowest BCUT2D eigenvalue weighted by atomic mass is 9.99. The minimum absolute atomic E-state index is 0.746. The fraction of sp³-hybridized carbons (Fsp3) is 0.647. The summed E-state index contributed by atoms with van der Waals surface area (Å²) in [5, 5.41) is 3.55. The molecular weight excluding hydrogens is 232 g/mol. The molecule has 0 spiro atoms. The SMILES string of the molecule is CN(c1cccc2c1CCCN2)C1CCCCCC1. The maximum atomic E-state index is 3.55. The second kappa shape index (κ2) is 5.85. The van der Waals surface area contributed by atoms with Crippen LogP contribution in [-0.2, 0) is 6.42 Å². The molecule has 2 heteroatoms. The molecule has 1 N–H and O–H groups in total. The Morgan fingerprint density at radius 1 is 1.05 bits per heavy atom. The van der Waals surface area contributed by atoms with E-state index >= 15 is 0 Å². The van der Waals surface area contributed by atoms with E-state index in [9.17, 15) is 0 Å². The van der Waals surface area contributed by atoms with Crippen molar-refractivity contribution in [3.05, 3.63) is 23.8 Å². The second-order valence-electron chi connectivity index (χ2n) is 6.09. The standard InChI is InChI=1S/C17H26N2/c1-19(14-8-4-2-3-5-9-14)17-12-6-11-16-15(17)10-7-13-18-16/h6,11-12,14,18H,2-5,7-10,13H2,1H3. The molecular formula is C17H26N2. The summed E-state index contributed by atoms with van der Waals surface area (Å²) in [6.45, 7) is 1.13. The largest absolute Gasteiger partial charge is 0.385 e. The molecule has 0 radical (unpaired) electrons. The van der Waals surface area contributed by atoms with Crippen LogP contribution >= 0.6 is 0 Å². The third kappa shape index (κ3) is 2.72. The van der Waals surface area contributed by atoms with Crippen LogP contribution in [0, 0.1) is 0 Å². The highest BCUT2D eigenvalue weighted by Crippen LogP contribution is 2.34. The zero-order valence-electron chi connectivity index (χ0n) is 12.1. The molecule has 1 saturated carbocycles. The van der Waals surface area contributed by atoms with E-state index in [4.69, 9.17) is 0 Å². The molecule has 1 fully saturated rings. The molecule has 0 atom stereocenters. The maximum absolute atomic E-state index is 3.55. The first-order valence-corrected chi connectivity index (χ1v) is 7.95. The molecule has 1 heterocycles. The van der Waals surface area contributed by atoms with Crippen LogP contribution in [0.25, 0.3) is 0 Å². The Labute approximate surface area is 117 Å². The summed E-state index contributed by atoms with van der Waals surface area (Å²) in [5.74, 6) is 0. The molecule has 0 saturated heterocycles. The molecule has 0 amide bonds. The molecule has 2 aliphatic rings. The van der Waals surface area contributed by atoms with Gasteiger partial charge in [-0.25, -0.2) is 0 Å². The number of nitrogens with one attached hydrogen (secondary N) is 1. The van der Waals surface area contributed by atoms with E-state index in [2.05, 4.69) is 35.5 Å². The molecule has 0 bridgehead atoms. The van der Waals surface area contributed by atoms with Gasteiger partial charge in [-0.3, -0.25) is 0 Å². The summed E-state index contributed by atoms with van der Waals surface area (Å²) in [5.41, 5.74) is 4.38. The van der Waals surface area contributed by atoms with Gasteiger partial charge in [-0.1, -0.05) is 31.7 Å². The summed E-state index contributed by atoms with van der Waals surface area (Å²) >= 11 is 0. The number of hydrogen-bond acceptors (Lipinski definition) is 2. The van der Waals surface area contributed by atoms with Gasteiger partial charge in [-0.2, -0.15) is 0 Å². The Morgan fingerprint density at radius 3 is 2.63 bits per heavy atom. The predicted molar refractivity (Wildman–Crippen MR) is 83.1 cm³/mol. The van der Waals surface area contributed by atoms with Crippen molar-refractivity contribution in [3.8, 4) is 0 Å². The van der Waals surface area contributed by atoms with Crippen molar-refractivity contribution in [2.45, 2.75) is 57.4 Å². The highest BCUT2D eigenvalue weighted by Gasteiger charge is 2.21. The van der Waals surface area contributed by atoms with Crippen molar-refractivity contribution in [2.75, 3.05) is 23.8 Å². The van der Waals surface area contributed by atoms with Crippen LogP contribution in [0.4, 0.5) is 11.4 Å². The Kier molecular flexibility index (Phi) is 3.95. The smallest absolute Gasteiger partial charge is 0.0419 e. The average molecular weight is 258 g/mol. The lowest BCUT2D eigenvalue weighted by Crippen LogP contribution is -2.32. The normalized spacial score (nSPS) is 20.3. The van der Waals surface area contributed by atoms with Crippen molar-refractivity contribution in [2.24, 2.45) is 0 Å². The van der Waals surface area contributed by atoms with Gasteiger partial charge in [-0.05, 0) is 43.4 Å². The van der Waals surface area contributed by atoms with Crippen LogP contribution < -0.4 is 10.2 Å². The summed E-state index contributed by atoms with van der Waals surface area (Å²) in [6, 6.07) is 7.51. The predicted octanol–water partition coefficient (Wildman–Crippen LogP) is 4.20. The first-order valence-electron chi connectivity index (χ1n) is 7.95. The molecule has 1 aliphatic carbocycles. The number of nitrogens with zero attached hydrogens (tertiary/aromatic N) is 1. The Hall–Kier alpha value is -1.18. The molecule has 3 rings (SSSR count). The third-order valence-electron chi connectivity index (χ3n) is 4.82. The lowest BCUT2D eigenvalue weighted by molar-refractivity contribution is 0.551. The van der Waals surface area contributed by atoms with Gasteiger partial charge in [0.25, 0.3) is 0 Å². The Bertz CT molecular complexity index is 419.